The van der Waals surface area contributed by atoms with Gasteiger partial charge in [0, 0.05) is 17.6 Å². The molecule has 0 bridgehead atoms. The van der Waals surface area contributed by atoms with Gasteiger partial charge in [-0.25, -0.2) is 4.39 Å². The SMILES string of the molecule is COC[C@@H](C)NC(=S)NNC(=O)c1cc(Br)ccc1F. The highest BCUT2D eigenvalue weighted by atomic mass is 79.9. The molecule has 3 N–H and O–H groups in total. The van der Waals surface area contributed by atoms with E-state index in [0.717, 1.165) is 0 Å². The summed E-state index contributed by atoms with van der Waals surface area (Å²) in [5.41, 5.74) is 4.74. The number of thiocarbonyl (C=S) groups is 1. The molecular weight excluding hydrogens is 349 g/mol. The van der Waals surface area contributed by atoms with Crippen LogP contribution in [-0.2, 0) is 4.74 Å². The normalized spacial score (nSPS) is 11.6. The third-order valence-corrected chi connectivity index (χ3v) is 2.97. The van der Waals surface area contributed by atoms with Crippen LogP contribution in [0.3, 0.4) is 0 Å². The van der Waals surface area contributed by atoms with Crippen molar-refractivity contribution in [3.8, 4) is 0 Å². The minimum atomic E-state index is -0.618. The lowest BCUT2D eigenvalue weighted by molar-refractivity contribution is 0.0939. The van der Waals surface area contributed by atoms with E-state index in [1.165, 1.54) is 18.2 Å². The number of ether oxygens (including phenoxy) is 1. The molecule has 0 aliphatic heterocycles. The molecule has 5 nitrogen and oxygen atoms in total. The van der Waals surface area contributed by atoms with E-state index in [9.17, 15) is 9.18 Å². The van der Waals surface area contributed by atoms with Gasteiger partial charge in [-0.2, -0.15) is 0 Å². The van der Waals surface area contributed by atoms with Crippen LogP contribution in [0.1, 0.15) is 17.3 Å². The summed E-state index contributed by atoms with van der Waals surface area (Å²) in [6.45, 7) is 2.34. The molecule has 1 rings (SSSR count). The first kappa shape index (κ1) is 16.8. The fraction of sp³-hybridized carbons (Fsp3) is 0.333. The second-order valence-electron chi connectivity index (χ2n) is 4.03. The number of carbonyl (C=O) groups excluding carboxylic acids is 1. The second-order valence-corrected chi connectivity index (χ2v) is 5.36. The van der Waals surface area contributed by atoms with Crippen LogP contribution in [0.2, 0.25) is 0 Å². The van der Waals surface area contributed by atoms with Crippen molar-refractivity contribution in [1.82, 2.24) is 16.2 Å². The summed E-state index contributed by atoms with van der Waals surface area (Å²) in [5.74, 6) is -1.23. The van der Waals surface area contributed by atoms with Crippen molar-refractivity contribution in [2.75, 3.05) is 13.7 Å². The van der Waals surface area contributed by atoms with Gasteiger partial charge in [0.2, 0.25) is 0 Å². The summed E-state index contributed by atoms with van der Waals surface area (Å²) >= 11 is 8.15. The van der Waals surface area contributed by atoms with Gasteiger partial charge in [0.1, 0.15) is 5.82 Å². The zero-order valence-corrected chi connectivity index (χ0v) is 13.4. The Morgan fingerprint density at radius 2 is 2.20 bits per heavy atom. The zero-order valence-electron chi connectivity index (χ0n) is 11.0. The molecule has 20 heavy (non-hydrogen) atoms. The number of amides is 1. The topological polar surface area (TPSA) is 62.4 Å². The largest absolute Gasteiger partial charge is 0.383 e. The van der Waals surface area contributed by atoms with Crippen LogP contribution in [0, 0.1) is 5.82 Å². The second kappa shape index (κ2) is 8.13. The summed E-state index contributed by atoms with van der Waals surface area (Å²) in [7, 11) is 1.58. The zero-order chi connectivity index (χ0) is 15.1. The molecule has 0 saturated heterocycles. The maximum atomic E-state index is 13.5. The van der Waals surface area contributed by atoms with Crippen LogP contribution in [-0.4, -0.2) is 30.8 Å². The van der Waals surface area contributed by atoms with Crippen LogP contribution >= 0.6 is 28.1 Å². The molecule has 1 aromatic rings. The predicted octanol–water partition coefficient (Wildman–Crippen LogP) is 1.73. The fourth-order valence-corrected chi connectivity index (χ4v) is 2.02. The average Bonchev–Trinajstić information content (AvgIpc) is 2.39. The Kier molecular flexibility index (Phi) is 6.83. The summed E-state index contributed by atoms with van der Waals surface area (Å²) in [6, 6.07) is 4.09. The van der Waals surface area contributed by atoms with Crippen molar-refractivity contribution in [3.05, 3.63) is 34.1 Å². The first-order valence-electron chi connectivity index (χ1n) is 5.75. The van der Waals surface area contributed by atoms with E-state index in [0.29, 0.717) is 11.1 Å². The average molecular weight is 364 g/mol. The Hall–Kier alpha value is -1.25. The van der Waals surface area contributed by atoms with Crippen molar-refractivity contribution in [2.24, 2.45) is 0 Å². The van der Waals surface area contributed by atoms with Crippen LogP contribution in [0.5, 0.6) is 0 Å². The Bertz CT molecular complexity index is 502. The van der Waals surface area contributed by atoms with Gasteiger partial charge in [-0.15, -0.1) is 0 Å². The molecule has 0 unspecified atom stereocenters. The highest BCUT2D eigenvalue weighted by molar-refractivity contribution is 9.10. The number of rotatable bonds is 4. The van der Waals surface area contributed by atoms with E-state index in [1.54, 1.807) is 7.11 Å². The first-order valence-corrected chi connectivity index (χ1v) is 6.95. The molecule has 1 amide bonds. The van der Waals surface area contributed by atoms with Gasteiger partial charge in [0.25, 0.3) is 5.91 Å². The number of benzene rings is 1. The molecule has 0 aliphatic carbocycles. The lowest BCUT2D eigenvalue weighted by Crippen LogP contribution is -2.50. The molecule has 0 aliphatic rings. The summed E-state index contributed by atoms with van der Waals surface area (Å²) in [5, 5.41) is 3.11. The molecule has 0 spiro atoms. The minimum Gasteiger partial charge on any atom is -0.383 e. The van der Waals surface area contributed by atoms with Gasteiger partial charge in [-0.05, 0) is 37.3 Å². The van der Waals surface area contributed by atoms with E-state index in [-0.39, 0.29) is 16.7 Å². The molecule has 0 heterocycles. The van der Waals surface area contributed by atoms with Gasteiger partial charge in [0.15, 0.2) is 5.11 Å². The highest BCUT2D eigenvalue weighted by Gasteiger charge is 2.12. The van der Waals surface area contributed by atoms with Crippen LogP contribution in [0.25, 0.3) is 0 Å². The molecule has 0 radical (unpaired) electrons. The Labute approximate surface area is 130 Å². The Balaban J connectivity index is 2.51. The number of nitrogens with one attached hydrogen (secondary N) is 3. The van der Waals surface area contributed by atoms with E-state index < -0.39 is 11.7 Å². The monoisotopic (exact) mass is 363 g/mol. The van der Waals surface area contributed by atoms with Gasteiger partial charge in [0.05, 0.1) is 12.2 Å². The van der Waals surface area contributed by atoms with Crippen molar-refractivity contribution >= 4 is 39.2 Å². The third kappa shape index (κ3) is 5.40. The number of hydrogen-bond donors (Lipinski definition) is 3. The molecule has 0 saturated carbocycles. The van der Waals surface area contributed by atoms with Gasteiger partial charge in [-0.1, -0.05) is 15.9 Å². The summed E-state index contributed by atoms with van der Waals surface area (Å²) in [6.07, 6.45) is 0. The van der Waals surface area contributed by atoms with Crippen molar-refractivity contribution in [3.63, 3.8) is 0 Å². The predicted molar refractivity (Wildman–Crippen MR) is 81.8 cm³/mol. The number of halogens is 2. The van der Waals surface area contributed by atoms with Crippen LogP contribution in [0.4, 0.5) is 4.39 Å². The molecule has 110 valence electrons. The molecular formula is C12H15BrFN3O2S. The van der Waals surface area contributed by atoms with Crippen molar-refractivity contribution < 1.29 is 13.9 Å². The van der Waals surface area contributed by atoms with E-state index >= 15 is 0 Å². The Morgan fingerprint density at radius 3 is 2.85 bits per heavy atom. The maximum Gasteiger partial charge on any atom is 0.272 e. The van der Waals surface area contributed by atoms with E-state index in [2.05, 4.69) is 32.1 Å². The molecule has 1 atom stereocenters. The third-order valence-electron chi connectivity index (χ3n) is 2.26. The number of methoxy groups -OCH3 is 1. The smallest absolute Gasteiger partial charge is 0.272 e. The van der Waals surface area contributed by atoms with Crippen molar-refractivity contribution in [2.45, 2.75) is 13.0 Å². The van der Waals surface area contributed by atoms with Gasteiger partial charge in [-0.3, -0.25) is 15.6 Å². The molecule has 0 aromatic heterocycles. The quantitative estimate of drug-likeness (QED) is 0.561. The fourth-order valence-electron chi connectivity index (χ4n) is 1.40. The number of hydrogen-bond acceptors (Lipinski definition) is 3. The lowest BCUT2D eigenvalue weighted by Gasteiger charge is -2.16. The van der Waals surface area contributed by atoms with Crippen LogP contribution in [0.15, 0.2) is 22.7 Å². The van der Waals surface area contributed by atoms with Crippen molar-refractivity contribution in [1.29, 1.82) is 0 Å². The van der Waals surface area contributed by atoms with Crippen LogP contribution < -0.4 is 16.2 Å². The van der Waals surface area contributed by atoms with Gasteiger partial charge < -0.3 is 10.1 Å². The molecule has 8 heteroatoms. The lowest BCUT2D eigenvalue weighted by atomic mass is 10.2. The molecule has 0 fully saturated rings. The maximum absolute atomic E-state index is 13.5. The highest BCUT2D eigenvalue weighted by Crippen LogP contribution is 2.15. The number of hydrazine groups is 1. The first-order chi connectivity index (χ1) is 9.43. The summed E-state index contributed by atoms with van der Waals surface area (Å²) in [4.78, 5) is 11.8. The van der Waals surface area contributed by atoms with E-state index in [4.69, 9.17) is 17.0 Å². The van der Waals surface area contributed by atoms with E-state index in [1.807, 2.05) is 6.92 Å². The standard InChI is InChI=1S/C12H15BrFN3O2S/c1-7(6-19-2)15-12(20)17-16-11(18)9-5-8(13)3-4-10(9)14/h3-5,7H,6H2,1-2H3,(H,16,18)(H2,15,17,20)/t7-/m1/s1. The summed E-state index contributed by atoms with van der Waals surface area (Å²) < 4.78 is 19.0. The minimum absolute atomic E-state index is 0.0143. The molecule has 1 aromatic carbocycles. The Morgan fingerprint density at radius 1 is 1.50 bits per heavy atom. The number of carbonyl (C=O) groups is 1. The van der Waals surface area contributed by atoms with Gasteiger partial charge >= 0.3 is 0 Å².